The lowest BCUT2D eigenvalue weighted by Crippen LogP contribution is -2.34. The van der Waals surface area contributed by atoms with Gasteiger partial charge in [-0.25, -0.2) is 0 Å². The first kappa shape index (κ1) is 26.3. The second-order valence-electron chi connectivity index (χ2n) is 8.39. The summed E-state index contributed by atoms with van der Waals surface area (Å²) in [5, 5.41) is 0. The van der Waals surface area contributed by atoms with Crippen LogP contribution in [-0.4, -0.2) is 45.9 Å². The number of carbonyl (C=O) groups excluding carboxylic acids is 1. The summed E-state index contributed by atoms with van der Waals surface area (Å²) in [5.41, 5.74) is 3.08. The fourth-order valence-corrected chi connectivity index (χ4v) is 4.21. The van der Waals surface area contributed by atoms with Crippen molar-refractivity contribution in [2.45, 2.75) is 5.60 Å². The zero-order valence-corrected chi connectivity index (χ0v) is 20.8. The predicted octanol–water partition coefficient (Wildman–Crippen LogP) is 5.92. The van der Waals surface area contributed by atoms with Crippen LogP contribution in [0.3, 0.4) is 0 Å². The van der Waals surface area contributed by atoms with E-state index in [1.54, 1.807) is 24.3 Å². The molecule has 5 nitrogen and oxygen atoms in total. The highest BCUT2D eigenvalue weighted by Crippen LogP contribution is 2.40. The molecule has 0 radical (unpaired) electrons. The summed E-state index contributed by atoms with van der Waals surface area (Å²) in [7, 11) is 0. The van der Waals surface area contributed by atoms with E-state index in [9.17, 15) is 4.79 Å². The van der Waals surface area contributed by atoms with E-state index in [4.69, 9.17) is 18.9 Å². The molecule has 0 aromatic heterocycles. The normalized spacial score (nSPS) is 11.2. The number of hydrogen-bond acceptors (Lipinski definition) is 5. The summed E-state index contributed by atoms with van der Waals surface area (Å²) in [5.74, 6) is 0.710. The summed E-state index contributed by atoms with van der Waals surface area (Å²) in [6.45, 7) is 2.67. The molecule has 190 valence electrons. The molecular formula is C32H32O5. The van der Waals surface area contributed by atoms with Crippen LogP contribution >= 0.6 is 0 Å². The molecule has 0 heterocycles. The molecule has 0 bridgehead atoms. The molecule has 4 aromatic rings. The lowest BCUT2D eigenvalue weighted by molar-refractivity contribution is -0.0345. The minimum Gasteiger partial charge on any atom is -0.491 e. The van der Waals surface area contributed by atoms with Crippen molar-refractivity contribution in [1.82, 2.24) is 0 Å². The van der Waals surface area contributed by atoms with Gasteiger partial charge in [0.2, 0.25) is 0 Å². The van der Waals surface area contributed by atoms with Gasteiger partial charge in [0.05, 0.1) is 33.0 Å². The second kappa shape index (κ2) is 14.1. The van der Waals surface area contributed by atoms with Gasteiger partial charge < -0.3 is 18.9 Å². The third kappa shape index (κ3) is 7.14. The standard InChI is InChI=1S/C32H32O5/c33-26-27-16-18-31(19-17-27)36-24-22-34-20-21-35-23-25-37-32(28-10-4-1-5-11-28,29-12-6-2-7-13-29)30-14-8-3-9-15-30/h1-19,26H,20-25H2. The minimum absolute atomic E-state index is 0.415. The molecule has 0 N–H and O–H groups in total. The third-order valence-corrected chi connectivity index (χ3v) is 5.97. The molecule has 0 fully saturated rings. The van der Waals surface area contributed by atoms with E-state index in [1.807, 2.05) is 54.6 Å². The molecule has 0 aliphatic rings. The first-order chi connectivity index (χ1) is 18.3. The van der Waals surface area contributed by atoms with Crippen LogP contribution in [0.25, 0.3) is 0 Å². The van der Waals surface area contributed by atoms with Crippen LogP contribution in [0.2, 0.25) is 0 Å². The molecule has 4 rings (SSSR count). The number of rotatable bonds is 15. The molecule has 0 unspecified atom stereocenters. The number of hydrogen-bond donors (Lipinski definition) is 0. The molecule has 0 saturated carbocycles. The van der Waals surface area contributed by atoms with E-state index < -0.39 is 5.60 Å². The fourth-order valence-electron chi connectivity index (χ4n) is 4.21. The molecule has 0 aliphatic carbocycles. The Morgan fingerprint density at radius 1 is 0.514 bits per heavy atom. The molecule has 0 saturated heterocycles. The minimum atomic E-state index is -0.745. The summed E-state index contributed by atoms with van der Waals surface area (Å²) >= 11 is 0. The largest absolute Gasteiger partial charge is 0.491 e. The Balaban J connectivity index is 1.27. The Labute approximate surface area is 218 Å². The van der Waals surface area contributed by atoms with E-state index in [0.29, 0.717) is 51.0 Å². The maximum atomic E-state index is 10.7. The van der Waals surface area contributed by atoms with Crippen molar-refractivity contribution in [3.8, 4) is 5.75 Å². The molecule has 37 heavy (non-hydrogen) atoms. The quantitative estimate of drug-likeness (QED) is 0.116. The molecule has 0 spiro atoms. The number of benzene rings is 4. The Kier molecular flexibility index (Phi) is 10.0. The summed E-state index contributed by atoms with van der Waals surface area (Å²) in [6.07, 6.45) is 0.808. The molecule has 0 atom stereocenters. The van der Waals surface area contributed by atoms with Crippen molar-refractivity contribution in [2.75, 3.05) is 39.6 Å². The van der Waals surface area contributed by atoms with Crippen LogP contribution in [0.4, 0.5) is 0 Å². The van der Waals surface area contributed by atoms with Crippen molar-refractivity contribution in [2.24, 2.45) is 0 Å². The van der Waals surface area contributed by atoms with E-state index >= 15 is 0 Å². The van der Waals surface area contributed by atoms with Gasteiger partial charge in [0.1, 0.15) is 24.2 Å². The van der Waals surface area contributed by atoms with E-state index in [-0.39, 0.29) is 0 Å². The van der Waals surface area contributed by atoms with Crippen molar-refractivity contribution < 1.29 is 23.7 Å². The van der Waals surface area contributed by atoms with Crippen molar-refractivity contribution in [3.05, 3.63) is 138 Å². The van der Waals surface area contributed by atoms with Crippen LogP contribution < -0.4 is 4.74 Å². The van der Waals surface area contributed by atoms with Gasteiger partial charge in [-0.05, 0) is 41.0 Å². The van der Waals surface area contributed by atoms with E-state index in [0.717, 1.165) is 23.0 Å². The maximum absolute atomic E-state index is 10.7. The zero-order chi connectivity index (χ0) is 25.6. The summed E-state index contributed by atoms with van der Waals surface area (Å²) in [4.78, 5) is 10.7. The topological polar surface area (TPSA) is 54.0 Å². The van der Waals surface area contributed by atoms with Gasteiger partial charge in [-0.1, -0.05) is 91.0 Å². The highest BCUT2D eigenvalue weighted by Gasteiger charge is 2.37. The van der Waals surface area contributed by atoms with Crippen molar-refractivity contribution >= 4 is 6.29 Å². The first-order valence-electron chi connectivity index (χ1n) is 12.5. The van der Waals surface area contributed by atoms with Crippen LogP contribution in [0.15, 0.2) is 115 Å². The highest BCUT2D eigenvalue weighted by atomic mass is 16.6. The van der Waals surface area contributed by atoms with Crippen LogP contribution in [0, 0.1) is 0 Å². The van der Waals surface area contributed by atoms with Crippen LogP contribution in [-0.2, 0) is 19.8 Å². The van der Waals surface area contributed by atoms with Crippen LogP contribution in [0.5, 0.6) is 5.75 Å². The Morgan fingerprint density at radius 3 is 1.41 bits per heavy atom. The van der Waals surface area contributed by atoms with Gasteiger partial charge in [0, 0.05) is 5.56 Å². The summed E-state index contributed by atoms with van der Waals surface area (Å²) in [6, 6.07) is 37.9. The summed E-state index contributed by atoms with van der Waals surface area (Å²) < 4.78 is 23.7. The SMILES string of the molecule is O=Cc1ccc(OCCOCCOCCOC(c2ccccc2)(c2ccccc2)c2ccccc2)cc1. The Hall–Kier alpha value is -3.77. The lowest BCUT2D eigenvalue weighted by atomic mass is 9.80. The smallest absolute Gasteiger partial charge is 0.150 e. The molecule has 0 amide bonds. The van der Waals surface area contributed by atoms with Crippen molar-refractivity contribution in [1.29, 1.82) is 0 Å². The fraction of sp³-hybridized carbons (Fsp3) is 0.219. The van der Waals surface area contributed by atoms with E-state index in [2.05, 4.69) is 36.4 Å². The average molecular weight is 497 g/mol. The van der Waals surface area contributed by atoms with Gasteiger partial charge in [-0.15, -0.1) is 0 Å². The molecule has 0 aliphatic heterocycles. The maximum Gasteiger partial charge on any atom is 0.150 e. The Morgan fingerprint density at radius 2 is 0.946 bits per heavy atom. The van der Waals surface area contributed by atoms with Gasteiger partial charge in [0.15, 0.2) is 0 Å². The van der Waals surface area contributed by atoms with Gasteiger partial charge in [-0.2, -0.15) is 0 Å². The number of ether oxygens (including phenoxy) is 4. The van der Waals surface area contributed by atoms with Gasteiger partial charge in [0.25, 0.3) is 0 Å². The average Bonchev–Trinajstić information content (AvgIpc) is 2.98. The van der Waals surface area contributed by atoms with Gasteiger partial charge >= 0.3 is 0 Å². The lowest BCUT2D eigenvalue weighted by Gasteiger charge is -2.36. The molecular weight excluding hydrogens is 464 g/mol. The van der Waals surface area contributed by atoms with E-state index in [1.165, 1.54) is 0 Å². The highest BCUT2D eigenvalue weighted by molar-refractivity contribution is 5.74. The Bertz CT molecular complexity index is 1080. The number of aldehydes is 1. The first-order valence-corrected chi connectivity index (χ1v) is 12.5. The number of carbonyl (C=O) groups is 1. The van der Waals surface area contributed by atoms with Crippen molar-refractivity contribution in [3.63, 3.8) is 0 Å². The predicted molar refractivity (Wildman–Crippen MR) is 144 cm³/mol. The zero-order valence-electron chi connectivity index (χ0n) is 20.8. The second-order valence-corrected chi connectivity index (χ2v) is 8.39. The molecule has 4 aromatic carbocycles. The van der Waals surface area contributed by atoms with Crippen LogP contribution in [0.1, 0.15) is 27.0 Å². The molecule has 5 heteroatoms. The van der Waals surface area contributed by atoms with Gasteiger partial charge in [-0.3, -0.25) is 4.79 Å². The monoisotopic (exact) mass is 496 g/mol. The third-order valence-electron chi connectivity index (χ3n) is 5.97.